The van der Waals surface area contributed by atoms with Crippen LogP contribution in [0.3, 0.4) is 0 Å². The molecule has 1 atom stereocenters. The SMILES string of the molecule is COc1ccccc1/C=C/C(=O)N1CC[C@@H](c2ccccc2)C1. The minimum absolute atomic E-state index is 0.0642. The van der Waals surface area contributed by atoms with Gasteiger partial charge in [-0.15, -0.1) is 0 Å². The highest BCUT2D eigenvalue weighted by atomic mass is 16.5. The molecule has 0 unspecified atom stereocenters. The first-order chi connectivity index (χ1) is 11.3. The number of carbonyl (C=O) groups excluding carboxylic acids is 1. The van der Waals surface area contributed by atoms with E-state index in [0.717, 1.165) is 30.8 Å². The minimum Gasteiger partial charge on any atom is -0.496 e. The fourth-order valence-electron chi connectivity index (χ4n) is 3.03. The summed E-state index contributed by atoms with van der Waals surface area (Å²) in [5.74, 6) is 1.29. The number of rotatable bonds is 4. The number of hydrogen-bond donors (Lipinski definition) is 0. The molecule has 3 nitrogen and oxygen atoms in total. The van der Waals surface area contributed by atoms with Crippen LogP contribution in [-0.4, -0.2) is 31.0 Å². The molecular weight excluding hydrogens is 286 g/mol. The number of likely N-dealkylation sites (tertiary alicyclic amines) is 1. The molecule has 0 N–H and O–H groups in total. The normalized spacial score (nSPS) is 17.6. The first kappa shape index (κ1) is 15.3. The number of carbonyl (C=O) groups is 1. The van der Waals surface area contributed by atoms with Gasteiger partial charge in [-0.05, 0) is 24.1 Å². The Bertz CT molecular complexity index is 694. The standard InChI is InChI=1S/C20H21NO2/c1-23-19-10-6-5-9-17(19)11-12-20(22)21-14-13-18(15-21)16-7-3-2-4-8-16/h2-12,18H,13-15H2,1H3/b12-11+/t18-/m1/s1. The molecule has 1 aliphatic heterocycles. The zero-order valence-corrected chi connectivity index (χ0v) is 13.3. The van der Waals surface area contributed by atoms with Crippen molar-refractivity contribution in [2.45, 2.75) is 12.3 Å². The quantitative estimate of drug-likeness (QED) is 0.806. The summed E-state index contributed by atoms with van der Waals surface area (Å²) in [5.41, 5.74) is 2.23. The van der Waals surface area contributed by atoms with Gasteiger partial charge in [0.2, 0.25) is 5.91 Å². The van der Waals surface area contributed by atoms with Crippen LogP contribution in [-0.2, 0) is 4.79 Å². The summed E-state index contributed by atoms with van der Waals surface area (Å²) in [5, 5.41) is 0. The van der Waals surface area contributed by atoms with Crippen molar-refractivity contribution in [3.05, 3.63) is 71.8 Å². The number of para-hydroxylation sites is 1. The molecule has 118 valence electrons. The van der Waals surface area contributed by atoms with Crippen LogP contribution in [0.15, 0.2) is 60.7 Å². The number of benzene rings is 2. The molecule has 1 aliphatic rings. The molecule has 0 saturated carbocycles. The molecule has 0 aliphatic carbocycles. The summed E-state index contributed by atoms with van der Waals surface area (Å²) in [6.07, 6.45) is 4.50. The molecule has 3 heteroatoms. The third-order valence-corrected chi connectivity index (χ3v) is 4.32. The molecule has 1 heterocycles. The molecule has 0 bridgehead atoms. The summed E-state index contributed by atoms with van der Waals surface area (Å²) in [6, 6.07) is 18.1. The average Bonchev–Trinajstić information content (AvgIpc) is 3.11. The van der Waals surface area contributed by atoms with Crippen molar-refractivity contribution < 1.29 is 9.53 Å². The van der Waals surface area contributed by atoms with Crippen molar-refractivity contribution in [1.29, 1.82) is 0 Å². The van der Waals surface area contributed by atoms with E-state index in [1.807, 2.05) is 41.3 Å². The zero-order valence-electron chi connectivity index (χ0n) is 13.3. The smallest absolute Gasteiger partial charge is 0.246 e. The molecule has 1 fully saturated rings. The van der Waals surface area contributed by atoms with Crippen molar-refractivity contribution in [2.75, 3.05) is 20.2 Å². The van der Waals surface area contributed by atoms with E-state index in [1.54, 1.807) is 13.2 Å². The Morgan fingerprint density at radius 3 is 2.65 bits per heavy atom. The summed E-state index contributed by atoms with van der Waals surface area (Å²) >= 11 is 0. The molecule has 0 radical (unpaired) electrons. The largest absolute Gasteiger partial charge is 0.496 e. The van der Waals surface area contributed by atoms with Crippen molar-refractivity contribution in [3.8, 4) is 5.75 Å². The Balaban J connectivity index is 1.64. The van der Waals surface area contributed by atoms with Crippen molar-refractivity contribution >= 4 is 12.0 Å². The second-order valence-electron chi connectivity index (χ2n) is 5.76. The Morgan fingerprint density at radius 1 is 1.13 bits per heavy atom. The maximum absolute atomic E-state index is 12.4. The van der Waals surface area contributed by atoms with Crippen LogP contribution in [0.5, 0.6) is 5.75 Å². The molecule has 23 heavy (non-hydrogen) atoms. The number of nitrogens with zero attached hydrogens (tertiary/aromatic N) is 1. The van der Waals surface area contributed by atoms with E-state index in [-0.39, 0.29) is 5.91 Å². The Hall–Kier alpha value is -2.55. The van der Waals surface area contributed by atoms with Gasteiger partial charge in [-0.3, -0.25) is 4.79 Å². The van der Waals surface area contributed by atoms with Crippen LogP contribution in [0, 0.1) is 0 Å². The second-order valence-corrected chi connectivity index (χ2v) is 5.76. The molecule has 0 aromatic heterocycles. The lowest BCUT2D eigenvalue weighted by atomic mass is 9.99. The van der Waals surface area contributed by atoms with Gasteiger partial charge >= 0.3 is 0 Å². The monoisotopic (exact) mass is 307 g/mol. The van der Waals surface area contributed by atoms with Gasteiger partial charge < -0.3 is 9.64 Å². The Morgan fingerprint density at radius 2 is 1.87 bits per heavy atom. The highest BCUT2D eigenvalue weighted by molar-refractivity contribution is 5.92. The lowest BCUT2D eigenvalue weighted by Gasteiger charge is -2.14. The molecular formula is C20H21NO2. The molecule has 2 aromatic rings. The third-order valence-electron chi connectivity index (χ3n) is 4.32. The van der Waals surface area contributed by atoms with Crippen LogP contribution in [0.2, 0.25) is 0 Å². The first-order valence-electron chi connectivity index (χ1n) is 7.93. The molecule has 1 saturated heterocycles. The van der Waals surface area contributed by atoms with Gasteiger partial charge in [0, 0.05) is 30.6 Å². The number of methoxy groups -OCH3 is 1. The second kappa shape index (κ2) is 7.14. The fraction of sp³-hybridized carbons (Fsp3) is 0.250. The van der Waals surface area contributed by atoms with Gasteiger partial charge in [-0.2, -0.15) is 0 Å². The van der Waals surface area contributed by atoms with Gasteiger partial charge in [-0.1, -0.05) is 48.5 Å². The molecule has 0 spiro atoms. The summed E-state index contributed by atoms with van der Waals surface area (Å²) in [6.45, 7) is 1.60. The molecule has 1 amide bonds. The van der Waals surface area contributed by atoms with E-state index in [2.05, 4.69) is 24.3 Å². The van der Waals surface area contributed by atoms with E-state index in [4.69, 9.17) is 4.74 Å². The van der Waals surface area contributed by atoms with Crippen molar-refractivity contribution in [2.24, 2.45) is 0 Å². The van der Waals surface area contributed by atoms with Crippen LogP contribution in [0.1, 0.15) is 23.5 Å². The van der Waals surface area contributed by atoms with Gasteiger partial charge in [-0.25, -0.2) is 0 Å². The van der Waals surface area contributed by atoms with Gasteiger partial charge in [0.15, 0.2) is 0 Å². The van der Waals surface area contributed by atoms with Gasteiger partial charge in [0.25, 0.3) is 0 Å². The third kappa shape index (κ3) is 3.62. The number of ether oxygens (including phenoxy) is 1. The highest BCUT2D eigenvalue weighted by Crippen LogP contribution is 2.27. The van der Waals surface area contributed by atoms with E-state index >= 15 is 0 Å². The maximum atomic E-state index is 12.4. The van der Waals surface area contributed by atoms with Gasteiger partial charge in [0.05, 0.1) is 7.11 Å². The predicted octanol–water partition coefficient (Wildman–Crippen LogP) is 3.72. The Labute approximate surface area is 137 Å². The average molecular weight is 307 g/mol. The lowest BCUT2D eigenvalue weighted by Crippen LogP contribution is -2.26. The van der Waals surface area contributed by atoms with Crippen LogP contribution in [0.4, 0.5) is 0 Å². The van der Waals surface area contributed by atoms with E-state index in [9.17, 15) is 4.79 Å². The van der Waals surface area contributed by atoms with Crippen molar-refractivity contribution in [1.82, 2.24) is 4.90 Å². The number of hydrogen-bond acceptors (Lipinski definition) is 2. The lowest BCUT2D eigenvalue weighted by molar-refractivity contribution is -0.124. The first-order valence-corrected chi connectivity index (χ1v) is 7.93. The molecule has 2 aromatic carbocycles. The summed E-state index contributed by atoms with van der Waals surface area (Å²) in [7, 11) is 1.64. The highest BCUT2D eigenvalue weighted by Gasteiger charge is 2.25. The van der Waals surface area contributed by atoms with E-state index in [0.29, 0.717) is 5.92 Å². The van der Waals surface area contributed by atoms with Gasteiger partial charge in [0.1, 0.15) is 5.75 Å². The zero-order chi connectivity index (χ0) is 16.1. The van der Waals surface area contributed by atoms with Crippen LogP contribution in [0.25, 0.3) is 6.08 Å². The van der Waals surface area contributed by atoms with Crippen LogP contribution < -0.4 is 4.74 Å². The maximum Gasteiger partial charge on any atom is 0.246 e. The predicted molar refractivity (Wildman–Crippen MR) is 92.4 cm³/mol. The fourth-order valence-corrected chi connectivity index (χ4v) is 3.03. The summed E-state index contributed by atoms with van der Waals surface area (Å²) < 4.78 is 5.30. The summed E-state index contributed by atoms with van der Waals surface area (Å²) in [4.78, 5) is 14.3. The van der Waals surface area contributed by atoms with E-state index in [1.165, 1.54) is 5.56 Å². The molecule has 3 rings (SSSR count). The van der Waals surface area contributed by atoms with Crippen molar-refractivity contribution in [3.63, 3.8) is 0 Å². The topological polar surface area (TPSA) is 29.5 Å². The minimum atomic E-state index is 0.0642. The van der Waals surface area contributed by atoms with E-state index < -0.39 is 0 Å². The van der Waals surface area contributed by atoms with Crippen LogP contribution >= 0.6 is 0 Å². The number of amides is 1. The Kier molecular flexibility index (Phi) is 4.77.